The Hall–Kier alpha value is 0.119. The average Bonchev–Trinajstić information content (AvgIpc) is 1.65. The van der Waals surface area contributed by atoms with Gasteiger partial charge in [0.1, 0.15) is 12.6 Å². The molecule has 0 aromatic heterocycles. The van der Waals surface area contributed by atoms with Crippen LogP contribution in [-0.2, 0) is 3.83 Å². The van der Waals surface area contributed by atoms with Crippen molar-refractivity contribution >= 4 is 14.5 Å². The fourth-order valence-corrected chi connectivity index (χ4v) is 0. The van der Waals surface area contributed by atoms with E-state index in [1.807, 2.05) is 6.92 Å². The van der Waals surface area contributed by atoms with E-state index in [0.29, 0.717) is 6.04 Å². The summed E-state index contributed by atoms with van der Waals surface area (Å²) in [5.74, 6) is 0. The summed E-state index contributed by atoms with van der Waals surface area (Å²) in [6.07, 6.45) is 0. The second-order valence-corrected chi connectivity index (χ2v) is 2.45. The summed E-state index contributed by atoms with van der Waals surface area (Å²) in [6.45, 7) is 2.99. The number of rotatable bonds is 1. The van der Waals surface area contributed by atoms with E-state index >= 15 is 0 Å². The molecule has 0 amide bonds. The van der Waals surface area contributed by atoms with Crippen LogP contribution in [0.2, 0.25) is 0 Å². The molecule has 0 fully saturated rings. The van der Waals surface area contributed by atoms with E-state index < -0.39 is 14.5 Å². The summed E-state index contributed by atoms with van der Waals surface area (Å²) in [7, 11) is 0. The topological polar surface area (TPSA) is 150 Å². The van der Waals surface area contributed by atoms with Gasteiger partial charge in [-0.1, -0.05) is 0 Å². The third-order valence-corrected chi connectivity index (χ3v) is 0.493. The van der Waals surface area contributed by atoms with Gasteiger partial charge in [-0.3, -0.25) is 0 Å². The maximum absolute atomic E-state index is 8.54. The van der Waals surface area contributed by atoms with Gasteiger partial charge in [-0.25, -0.2) is 0 Å². The molecule has 0 unspecified atom stereocenters. The molecule has 0 saturated heterocycles. The fourth-order valence-electron chi connectivity index (χ4n) is 0. The molecular formula is C3H14N2O4Se. The zero-order chi connectivity index (χ0) is 7.86. The van der Waals surface area contributed by atoms with Crippen molar-refractivity contribution in [3.63, 3.8) is 0 Å². The summed E-state index contributed by atoms with van der Waals surface area (Å²) in [4.78, 5) is 0. The summed E-state index contributed by atoms with van der Waals surface area (Å²) in [5.41, 5.74) is 7.32. The molecule has 8 N–H and O–H groups in total. The Morgan fingerprint density at radius 3 is 1.70 bits per heavy atom. The molecule has 0 aliphatic carbocycles. The van der Waals surface area contributed by atoms with Crippen molar-refractivity contribution in [2.45, 2.75) is 13.0 Å². The molecular weight excluding hydrogens is 207 g/mol. The molecule has 0 radical (unpaired) electrons. The van der Waals surface area contributed by atoms with Gasteiger partial charge in [0, 0.05) is 0 Å². The van der Waals surface area contributed by atoms with Gasteiger partial charge in [-0.15, -0.1) is 0 Å². The zero-order valence-electron chi connectivity index (χ0n) is 5.83. The van der Waals surface area contributed by atoms with Gasteiger partial charge in [0.05, 0.1) is 0 Å². The van der Waals surface area contributed by atoms with Crippen LogP contribution in [0.4, 0.5) is 0 Å². The van der Waals surface area contributed by atoms with Crippen LogP contribution in [0.5, 0.6) is 0 Å². The van der Waals surface area contributed by atoms with E-state index in [4.69, 9.17) is 12.2 Å². The first kappa shape index (κ1) is 16.6. The number of hydrogen-bond acceptors (Lipinski definition) is 3. The quantitative estimate of drug-likeness (QED) is 0.424. The van der Waals surface area contributed by atoms with Crippen molar-refractivity contribution in [3.05, 3.63) is 0 Å². The van der Waals surface area contributed by atoms with Crippen molar-refractivity contribution in [3.8, 4) is 0 Å². The second kappa shape index (κ2) is 11.9. The Morgan fingerprint density at radius 1 is 1.60 bits per heavy atom. The number of hydrogen-bond donors (Lipinski definition) is 2. The monoisotopic (exact) mass is 222 g/mol. The standard InChI is InChI=1S/C3H10N2.H2O3Se.H2O/c1-3(5)2-4;1-4(2)3;/h3H,2,4-5H2,1H3;(H2,1,2,3);1H2/t3-;;/m0../s1. The Kier molecular flexibility index (Phi) is 19.7. The minimum atomic E-state index is -3.79. The molecule has 0 aliphatic rings. The van der Waals surface area contributed by atoms with Gasteiger partial charge >= 0.3 is 26.7 Å². The fraction of sp³-hybridized carbons (Fsp3) is 1.00. The molecule has 0 aliphatic heterocycles. The molecule has 7 heteroatoms. The van der Waals surface area contributed by atoms with Crippen LogP contribution in [0.1, 0.15) is 6.92 Å². The summed E-state index contributed by atoms with van der Waals surface area (Å²) < 4.78 is 25.6. The molecule has 66 valence electrons. The molecule has 10 heavy (non-hydrogen) atoms. The normalized spacial score (nSPS) is 11.0. The Labute approximate surface area is 63.9 Å². The summed E-state index contributed by atoms with van der Waals surface area (Å²) in [6, 6.07) is 0.523. The second-order valence-electron chi connectivity index (χ2n) is 1.60. The minimum absolute atomic E-state index is 0. The van der Waals surface area contributed by atoms with Crippen LogP contribution in [0.25, 0.3) is 0 Å². The van der Waals surface area contributed by atoms with E-state index in [0.717, 1.165) is 6.54 Å². The van der Waals surface area contributed by atoms with Gasteiger partial charge in [0.2, 0.25) is 0 Å². The predicted octanol–water partition coefficient (Wildman–Crippen LogP) is -5.84. The van der Waals surface area contributed by atoms with Gasteiger partial charge < -0.3 is 16.9 Å². The Balaban J connectivity index is -0.0000000910. The van der Waals surface area contributed by atoms with Crippen LogP contribution in [0.15, 0.2) is 0 Å². The molecule has 0 heterocycles. The summed E-state index contributed by atoms with van der Waals surface area (Å²) in [5, 5.41) is 0. The summed E-state index contributed by atoms with van der Waals surface area (Å²) >= 11 is -3.79. The molecule has 0 bridgehead atoms. The molecule has 0 rings (SSSR count). The predicted molar refractivity (Wildman–Crippen MR) is 30.2 cm³/mol. The average molecular weight is 221 g/mol. The van der Waals surface area contributed by atoms with Crippen molar-refractivity contribution < 1.29 is 29.2 Å². The van der Waals surface area contributed by atoms with Crippen LogP contribution in [0.3, 0.4) is 0 Å². The van der Waals surface area contributed by atoms with Crippen LogP contribution in [-0.4, -0.2) is 32.6 Å². The van der Waals surface area contributed by atoms with E-state index in [1.165, 1.54) is 0 Å². The van der Waals surface area contributed by atoms with Crippen molar-refractivity contribution in [1.29, 1.82) is 0 Å². The maximum atomic E-state index is 8.54. The zero-order valence-corrected chi connectivity index (χ0v) is 7.54. The Bertz CT molecular complexity index is 74.9. The van der Waals surface area contributed by atoms with Crippen molar-refractivity contribution in [2.75, 3.05) is 6.54 Å². The van der Waals surface area contributed by atoms with Gasteiger partial charge in [-0.05, 0) is 6.92 Å². The molecule has 6 nitrogen and oxygen atoms in total. The molecule has 0 aromatic rings. The number of quaternary nitrogens is 2. The molecule has 0 saturated carbocycles. The van der Waals surface area contributed by atoms with Gasteiger partial charge in [-0.2, -0.15) is 0 Å². The molecule has 1 atom stereocenters. The third kappa shape index (κ3) is 91.6. The van der Waals surface area contributed by atoms with E-state index in [-0.39, 0.29) is 5.48 Å². The first-order chi connectivity index (χ1) is 4.00. The van der Waals surface area contributed by atoms with Crippen LogP contribution < -0.4 is 19.8 Å². The third-order valence-electron chi connectivity index (χ3n) is 0.493. The van der Waals surface area contributed by atoms with E-state index in [9.17, 15) is 0 Å². The first-order valence-corrected chi connectivity index (χ1v) is 4.49. The molecule has 0 aromatic carbocycles. The van der Waals surface area contributed by atoms with Crippen molar-refractivity contribution in [2.24, 2.45) is 0 Å². The van der Waals surface area contributed by atoms with E-state index in [2.05, 4.69) is 11.5 Å². The molecule has 0 spiro atoms. The van der Waals surface area contributed by atoms with E-state index in [1.54, 1.807) is 0 Å². The SMILES string of the molecule is C[C@H]([NH3+])C[NH3+].O.O=[Se]([O-])[O-]. The van der Waals surface area contributed by atoms with Crippen LogP contribution >= 0.6 is 0 Å². The van der Waals surface area contributed by atoms with Crippen LogP contribution in [0, 0.1) is 0 Å². The Morgan fingerprint density at radius 2 is 1.70 bits per heavy atom. The van der Waals surface area contributed by atoms with Gasteiger partial charge in [0.15, 0.2) is 0 Å². The van der Waals surface area contributed by atoms with Gasteiger partial charge in [0.25, 0.3) is 0 Å². The first-order valence-electron chi connectivity index (χ1n) is 2.39. The van der Waals surface area contributed by atoms with Crippen molar-refractivity contribution in [1.82, 2.24) is 0 Å².